The van der Waals surface area contributed by atoms with Gasteiger partial charge >= 0.3 is 22.8 Å². The maximum Gasteiger partial charge on any atom is 0.335 e. The lowest BCUT2D eigenvalue weighted by atomic mass is 9.90. The van der Waals surface area contributed by atoms with Crippen LogP contribution >= 0.6 is 22.8 Å². The van der Waals surface area contributed by atoms with Gasteiger partial charge in [-0.1, -0.05) is 80.1 Å². The average Bonchev–Trinajstić information content (AvgIpc) is 3.05. The molecule has 0 amide bonds. The maximum absolute atomic E-state index is 14.4. The molecule has 12 heteroatoms. The van der Waals surface area contributed by atoms with E-state index in [1.54, 1.807) is 0 Å². The minimum atomic E-state index is -3.56. The minimum Gasteiger partial charge on any atom is -0.308 e. The highest BCUT2D eigenvalue weighted by atomic mass is 31.2. The van der Waals surface area contributed by atoms with Crippen LogP contribution in [0.15, 0.2) is 0 Å². The summed E-state index contributed by atoms with van der Waals surface area (Å²) in [6.45, 7) is 20.3. The molecule has 1 rings (SSSR count). The summed E-state index contributed by atoms with van der Waals surface area (Å²) < 4.78 is 79.3. The van der Waals surface area contributed by atoms with Crippen LogP contribution in [0.4, 0.5) is 0 Å². The molecule has 0 heterocycles. The van der Waals surface area contributed by atoms with Gasteiger partial charge in [-0.3, -0.25) is 13.7 Å². The molecule has 9 nitrogen and oxygen atoms in total. The van der Waals surface area contributed by atoms with Crippen molar-refractivity contribution < 1.29 is 40.8 Å². The van der Waals surface area contributed by atoms with Gasteiger partial charge < -0.3 is 27.1 Å². The summed E-state index contributed by atoms with van der Waals surface area (Å²) in [7, 11) is -10.7. The number of hydrogen-bond donors (Lipinski definition) is 0. The first kappa shape index (κ1) is 45.7. The molecule has 0 aliphatic carbocycles. The van der Waals surface area contributed by atoms with E-state index in [0.717, 1.165) is 110 Å². The lowest BCUT2D eigenvalue weighted by Gasteiger charge is -2.28. The molecule has 0 unspecified atom stereocenters. The van der Waals surface area contributed by atoms with Gasteiger partial charge in [-0.15, -0.1) is 0 Å². The van der Waals surface area contributed by atoms with Crippen LogP contribution < -0.4 is 0 Å². The standard InChI is InChI=1S/C36H69O9P3/c1-10-16-22-40-46(37,41-23-17-11-2)28-34-31(7)35(29-47(38,42-24-18-12-3)43-25-19-13-4)33(9)36(32(34)8)30-48(39,44-26-20-14-5)45-27-21-15-6/h10-30H2,1-9H3. The molecule has 0 aliphatic rings. The van der Waals surface area contributed by atoms with Crippen molar-refractivity contribution in [1.82, 2.24) is 0 Å². The van der Waals surface area contributed by atoms with E-state index in [2.05, 4.69) is 41.5 Å². The van der Waals surface area contributed by atoms with Crippen molar-refractivity contribution in [3.8, 4) is 0 Å². The molecule has 1 aromatic carbocycles. The molecule has 0 radical (unpaired) electrons. The lowest BCUT2D eigenvalue weighted by molar-refractivity contribution is 0.198. The fourth-order valence-electron chi connectivity index (χ4n) is 5.16. The van der Waals surface area contributed by atoms with E-state index >= 15 is 0 Å². The van der Waals surface area contributed by atoms with Crippen molar-refractivity contribution in [2.24, 2.45) is 0 Å². The van der Waals surface area contributed by atoms with Gasteiger partial charge in [-0.05, 0) is 92.7 Å². The maximum atomic E-state index is 14.4. The number of unbranched alkanes of at least 4 members (excludes halogenated alkanes) is 6. The van der Waals surface area contributed by atoms with Crippen LogP contribution in [-0.2, 0) is 59.3 Å². The molecule has 1 aromatic rings. The van der Waals surface area contributed by atoms with Crippen LogP contribution in [0, 0.1) is 20.8 Å². The van der Waals surface area contributed by atoms with Gasteiger partial charge in [-0.25, -0.2) is 0 Å². The van der Waals surface area contributed by atoms with Crippen molar-refractivity contribution in [3.05, 3.63) is 33.4 Å². The third-order valence-corrected chi connectivity index (χ3v) is 14.1. The van der Waals surface area contributed by atoms with Crippen LogP contribution in [-0.4, -0.2) is 39.6 Å². The smallest absolute Gasteiger partial charge is 0.308 e. The second-order valence-electron chi connectivity index (χ2n) is 12.7. The molecular weight excluding hydrogens is 669 g/mol. The highest BCUT2D eigenvalue weighted by molar-refractivity contribution is 7.53. The number of rotatable bonds is 30. The fraction of sp³-hybridized carbons (Fsp3) is 0.833. The van der Waals surface area contributed by atoms with Gasteiger partial charge in [-0.2, -0.15) is 0 Å². The summed E-state index contributed by atoms with van der Waals surface area (Å²) in [4.78, 5) is 0. The summed E-state index contributed by atoms with van der Waals surface area (Å²) in [6, 6.07) is 0. The lowest BCUT2D eigenvalue weighted by Crippen LogP contribution is -2.13. The molecule has 0 aromatic heterocycles. The first-order valence-electron chi connectivity index (χ1n) is 18.6. The van der Waals surface area contributed by atoms with E-state index < -0.39 is 22.8 Å². The second-order valence-corrected chi connectivity index (χ2v) is 18.9. The van der Waals surface area contributed by atoms with Crippen LogP contribution in [0.1, 0.15) is 152 Å². The second kappa shape index (κ2) is 24.8. The Hall–Kier alpha value is -0.330. The molecule has 0 spiro atoms. The van der Waals surface area contributed by atoms with Gasteiger partial charge in [0.25, 0.3) is 0 Å². The van der Waals surface area contributed by atoms with Gasteiger partial charge in [0, 0.05) is 0 Å². The number of benzene rings is 1. The minimum absolute atomic E-state index is 0.0494. The molecule has 48 heavy (non-hydrogen) atoms. The summed E-state index contributed by atoms with van der Waals surface area (Å²) in [5.41, 5.74) is 4.88. The quantitative estimate of drug-likeness (QED) is 0.0563. The third-order valence-electron chi connectivity index (χ3n) is 8.49. The Labute approximate surface area is 293 Å². The molecule has 0 saturated heterocycles. The summed E-state index contributed by atoms with van der Waals surface area (Å²) in [5.74, 6) is 0. The highest BCUT2D eigenvalue weighted by Gasteiger charge is 2.35. The summed E-state index contributed by atoms with van der Waals surface area (Å²) in [5, 5.41) is 0. The van der Waals surface area contributed by atoms with Crippen molar-refractivity contribution in [2.75, 3.05) is 39.6 Å². The average molecular weight is 739 g/mol. The monoisotopic (exact) mass is 738 g/mol. The van der Waals surface area contributed by atoms with E-state index in [4.69, 9.17) is 27.1 Å². The normalized spacial score (nSPS) is 12.7. The first-order valence-corrected chi connectivity index (χ1v) is 23.8. The Morgan fingerprint density at radius 2 is 0.521 bits per heavy atom. The molecule has 282 valence electrons. The highest BCUT2D eigenvalue weighted by Crippen LogP contribution is 2.58. The zero-order valence-corrected chi connectivity index (χ0v) is 34.5. The molecule has 0 fully saturated rings. The fourth-order valence-corrected chi connectivity index (χ4v) is 11.0. The topological polar surface area (TPSA) is 107 Å². The third kappa shape index (κ3) is 16.3. The van der Waals surface area contributed by atoms with Crippen molar-refractivity contribution in [2.45, 2.75) is 158 Å². The van der Waals surface area contributed by atoms with Gasteiger partial charge in [0.2, 0.25) is 0 Å². The van der Waals surface area contributed by atoms with E-state index in [1.807, 2.05) is 20.8 Å². The van der Waals surface area contributed by atoms with Gasteiger partial charge in [0.15, 0.2) is 0 Å². The van der Waals surface area contributed by atoms with E-state index in [-0.39, 0.29) is 18.5 Å². The van der Waals surface area contributed by atoms with Gasteiger partial charge in [0.1, 0.15) is 0 Å². The Bertz CT molecular complexity index is 982. The Morgan fingerprint density at radius 1 is 0.354 bits per heavy atom. The zero-order chi connectivity index (χ0) is 36.1. The molecule has 0 aliphatic heterocycles. The van der Waals surface area contributed by atoms with Crippen LogP contribution in [0.2, 0.25) is 0 Å². The van der Waals surface area contributed by atoms with Crippen molar-refractivity contribution in [1.29, 1.82) is 0 Å². The molecule has 0 atom stereocenters. The van der Waals surface area contributed by atoms with Crippen LogP contribution in [0.25, 0.3) is 0 Å². The molecule has 0 N–H and O–H groups in total. The molecule has 0 saturated carbocycles. The number of hydrogen-bond acceptors (Lipinski definition) is 9. The van der Waals surface area contributed by atoms with Crippen molar-refractivity contribution in [3.63, 3.8) is 0 Å². The molecular formula is C36H69O9P3. The predicted octanol–water partition coefficient (Wildman–Crippen LogP) is 12.6. The van der Waals surface area contributed by atoms with E-state index in [1.165, 1.54) is 0 Å². The van der Waals surface area contributed by atoms with E-state index in [9.17, 15) is 13.7 Å². The van der Waals surface area contributed by atoms with Crippen molar-refractivity contribution >= 4 is 22.8 Å². The summed E-state index contributed by atoms with van der Waals surface area (Å²) in [6.07, 6.45) is 10.2. The predicted molar refractivity (Wildman–Crippen MR) is 200 cm³/mol. The Morgan fingerprint density at radius 3 is 0.667 bits per heavy atom. The van der Waals surface area contributed by atoms with Crippen LogP contribution in [0.3, 0.4) is 0 Å². The SMILES string of the molecule is CCCCOP(=O)(Cc1c(C)c(CP(=O)(OCCCC)OCCCC)c(C)c(CP(=O)(OCCCC)OCCCC)c1C)OCCCC. The van der Waals surface area contributed by atoms with Crippen LogP contribution in [0.5, 0.6) is 0 Å². The zero-order valence-electron chi connectivity index (χ0n) is 31.9. The summed E-state index contributed by atoms with van der Waals surface area (Å²) >= 11 is 0. The largest absolute Gasteiger partial charge is 0.335 e. The van der Waals surface area contributed by atoms with Gasteiger partial charge in [0.05, 0.1) is 58.1 Å². The Balaban J connectivity index is 3.89. The van der Waals surface area contributed by atoms with E-state index in [0.29, 0.717) is 39.6 Å². The molecule has 0 bridgehead atoms. The Kier molecular flexibility index (Phi) is 23.6. The first-order chi connectivity index (χ1) is 22.9.